The average molecular weight is 485 g/mol. The lowest BCUT2D eigenvalue weighted by molar-refractivity contribution is 0.490. The number of fused-ring (bicyclic) bond motifs is 1. The summed E-state index contributed by atoms with van der Waals surface area (Å²) in [5.41, 5.74) is 4.01. The molecule has 4 aromatic rings. The third-order valence-corrected chi connectivity index (χ3v) is 7.79. The molecule has 2 heteroatoms. The van der Waals surface area contributed by atoms with Gasteiger partial charge in [0.05, 0.1) is 0 Å². The van der Waals surface area contributed by atoms with Crippen LogP contribution in [0.1, 0.15) is 83.1 Å². The molecule has 35 heavy (non-hydrogen) atoms. The molecule has 0 spiro atoms. The smallest absolute Gasteiger partial charge is 0.145 e. The third-order valence-electron chi connectivity index (χ3n) is 6.87. The van der Waals surface area contributed by atoms with Crippen LogP contribution in [0, 0.1) is 0 Å². The van der Waals surface area contributed by atoms with E-state index >= 15 is 0 Å². The summed E-state index contributed by atoms with van der Waals surface area (Å²) in [4.78, 5) is 0. The van der Waals surface area contributed by atoms with E-state index in [1.165, 1.54) is 104 Å². The van der Waals surface area contributed by atoms with Gasteiger partial charge < -0.3 is 4.74 Å². The van der Waals surface area contributed by atoms with Gasteiger partial charge >= 0.3 is 0 Å². The molecule has 184 valence electrons. The highest BCUT2D eigenvalue weighted by Gasteiger charge is 2.08. The van der Waals surface area contributed by atoms with Crippen LogP contribution in [0.2, 0.25) is 0 Å². The van der Waals surface area contributed by atoms with Crippen molar-refractivity contribution in [2.24, 2.45) is 0 Å². The van der Waals surface area contributed by atoms with Crippen molar-refractivity contribution >= 4 is 21.4 Å². The molecule has 0 aliphatic rings. The Morgan fingerprint density at radius 3 is 1.94 bits per heavy atom. The number of benzene rings is 3. The van der Waals surface area contributed by atoms with Gasteiger partial charge in [0.25, 0.3) is 0 Å². The van der Waals surface area contributed by atoms with Crippen LogP contribution in [0.4, 0.5) is 0 Å². The molecule has 0 bridgehead atoms. The van der Waals surface area contributed by atoms with E-state index in [1.807, 2.05) is 30.3 Å². The second-order valence-corrected chi connectivity index (χ2v) is 10.6. The van der Waals surface area contributed by atoms with Crippen molar-refractivity contribution in [2.75, 3.05) is 0 Å². The third kappa shape index (κ3) is 7.97. The Bertz CT molecular complexity index is 1130. The van der Waals surface area contributed by atoms with Crippen molar-refractivity contribution in [2.45, 2.75) is 84.0 Å². The van der Waals surface area contributed by atoms with Gasteiger partial charge in [-0.1, -0.05) is 120 Å². The van der Waals surface area contributed by atoms with Gasteiger partial charge in [-0.25, -0.2) is 0 Å². The molecule has 3 aromatic carbocycles. The Kier molecular flexibility index (Phi) is 10.3. The molecular weight excluding hydrogens is 444 g/mol. The summed E-state index contributed by atoms with van der Waals surface area (Å²) >= 11 is 1.74. The molecule has 1 nitrogen and oxygen atoms in total. The van der Waals surface area contributed by atoms with E-state index < -0.39 is 0 Å². The topological polar surface area (TPSA) is 9.23 Å². The van der Waals surface area contributed by atoms with E-state index in [0.717, 1.165) is 11.5 Å². The molecule has 0 amide bonds. The minimum Gasteiger partial charge on any atom is -0.456 e. The summed E-state index contributed by atoms with van der Waals surface area (Å²) < 4.78 is 7.36. The number of aryl methyl sites for hydroxylation is 1. The molecule has 0 aliphatic heterocycles. The lowest BCUT2D eigenvalue weighted by atomic mass is 10.00. The quantitative estimate of drug-likeness (QED) is 0.152. The SMILES string of the molecule is CCCCCCCCCCCCCc1ccc(-c2ccc3c(Oc4ccccc4)csc3c2)cc1. The van der Waals surface area contributed by atoms with E-state index in [0.29, 0.717) is 0 Å². The number of para-hydroxylation sites is 1. The standard InChI is InChI=1S/C33H40OS/c1-2-3-4-5-6-7-8-9-10-11-13-16-27-19-21-28(22-20-27)29-23-24-31-32(26-35-33(31)25-29)34-30-17-14-12-15-18-30/h12,14-15,17-26H,2-11,13,16H2,1H3. The molecule has 0 aliphatic carbocycles. The molecule has 0 fully saturated rings. The van der Waals surface area contributed by atoms with E-state index in [2.05, 4.69) is 54.8 Å². The molecule has 0 unspecified atom stereocenters. The maximum atomic E-state index is 6.10. The van der Waals surface area contributed by atoms with Gasteiger partial charge in [0, 0.05) is 15.5 Å². The first kappa shape index (κ1) is 25.5. The second kappa shape index (κ2) is 14.1. The molecule has 4 rings (SSSR count). The maximum absolute atomic E-state index is 6.10. The average Bonchev–Trinajstić information content (AvgIpc) is 3.30. The first-order valence-corrected chi connectivity index (χ1v) is 14.5. The van der Waals surface area contributed by atoms with Crippen molar-refractivity contribution in [3.63, 3.8) is 0 Å². The van der Waals surface area contributed by atoms with Crippen LogP contribution < -0.4 is 4.74 Å². The van der Waals surface area contributed by atoms with Gasteiger partial charge in [0.2, 0.25) is 0 Å². The molecule has 0 N–H and O–H groups in total. The molecule has 0 saturated heterocycles. The number of unbranched alkanes of at least 4 members (excludes halogenated alkanes) is 10. The Labute approximate surface area is 216 Å². The first-order chi connectivity index (χ1) is 17.3. The van der Waals surface area contributed by atoms with Crippen LogP contribution in [0.5, 0.6) is 11.5 Å². The fourth-order valence-electron chi connectivity index (χ4n) is 4.74. The van der Waals surface area contributed by atoms with Crippen LogP contribution in [0.25, 0.3) is 21.2 Å². The van der Waals surface area contributed by atoms with Crippen molar-refractivity contribution < 1.29 is 4.74 Å². The van der Waals surface area contributed by atoms with Gasteiger partial charge in [0.15, 0.2) is 0 Å². The predicted molar refractivity (Wildman–Crippen MR) is 154 cm³/mol. The molecule has 1 heterocycles. The fourth-order valence-corrected chi connectivity index (χ4v) is 5.63. The summed E-state index contributed by atoms with van der Waals surface area (Å²) in [6, 6.07) is 25.9. The number of hydrogen-bond acceptors (Lipinski definition) is 2. The van der Waals surface area contributed by atoms with Gasteiger partial charge in [-0.05, 0) is 53.8 Å². The maximum Gasteiger partial charge on any atom is 0.145 e. The summed E-state index contributed by atoms with van der Waals surface area (Å²) in [5, 5.41) is 3.29. The van der Waals surface area contributed by atoms with Gasteiger partial charge in [-0.15, -0.1) is 11.3 Å². The fraction of sp³-hybridized carbons (Fsp3) is 0.394. The zero-order valence-electron chi connectivity index (χ0n) is 21.3. The Balaban J connectivity index is 1.20. The van der Waals surface area contributed by atoms with Crippen molar-refractivity contribution in [1.82, 2.24) is 0 Å². The van der Waals surface area contributed by atoms with E-state index in [9.17, 15) is 0 Å². The number of thiophene rings is 1. The van der Waals surface area contributed by atoms with Gasteiger partial charge in [-0.3, -0.25) is 0 Å². The largest absolute Gasteiger partial charge is 0.456 e. The van der Waals surface area contributed by atoms with Crippen molar-refractivity contribution in [3.05, 3.63) is 83.7 Å². The monoisotopic (exact) mass is 484 g/mol. The zero-order valence-corrected chi connectivity index (χ0v) is 22.1. The molecular formula is C33H40OS. The minimum absolute atomic E-state index is 0.879. The molecule has 0 radical (unpaired) electrons. The summed E-state index contributed by atoms with van der Waals surface area (Å²) in [6.07, 6.45) is 16.6. The summed E-state index contributed by atoms with van der Waals surface area (Å²) in [7, 11) is 0. The number of ether oxygens (including phenoxy) is 1. The highest BCUT2D eigenvalue weighted by molar-refractivity contribution is 7.17. The Morgan fingerprint density at radius 2 is 1.26 bits per heavy atom. The zero-order chi connectivity index (χ0) is 24.1. The van der Waals surface area contributed by atoms with Crippen molar-refractivity contribution in [1.29, 1.82) is 0 Å². The number of hydrogen-bond donors (Lipinski definition) is 0. The van der Waals surface area contributed by atoms with E-state index in [4.69, 9.17) is 4.74 Å². The predicted octanol–water partition coefficient (Wildman–Crippen LogP) is 11.2. The van der Waals surface area contributed by atoms with Crippen molar-refractivity contribution in [3.8, 4) is 22.6 Å². The molecule has 1 aromatic heterocycles. The van der Waals surface area contributed by atoms with Crippen LogP contribution >= 0.6 is 11.3 Å². The van der Waals surface area contributed by atoms with Crippen LogP contribution in [-0.2, 0) is 6.42 Å². The van der Waals surface area contributed by atoms with E-state index in [1.54, 1.807) is 11.3 Å². The minimum atomic E-state index is 0.879. The lowest BCUT2D eigenvalue weighted by Gasteiger charge is -2.07. The highest BCUT2D eigenvalue weighted by Crippen LogP contribution is 2.37. The summed E-state index contributed by atoms with van der Waals surface area (Å²) in [5.74, 6) is 1.81. The van der Waals surface area contributed by atoms with E-state index in [-0.39, 0.29) is 0 Å². The molecule has 0 atom stereocenters. The molecule has 0 saturated carbocycles. The van der Waals surface area contributed by atoms with Crippen LogP contribution in [-0.4, -0.2) is 0 Å². The normalized spacial score (nSPS) is 11.2. The lowest BCUT2D eigenvalue weighted by Crippen LogP contribution is -1.87. The first-order valence-electron chi connectivity index (χ1n) is 13.7. The van der Waals surface area contributed by atoms with Gasteiger partial charge in [-0.2, -0.15) is 0 Å². The Morgan fingerprint density at radius 1 is 0.629 bits per heavy atom. The number of rotatable bonds is 15. The Hall–Kier alpha value is -2.58. The van der Waals surface area contributed by atoms with Crippen LogP contribution in [0.3, 0.4) is 0 Å². The van der Waals surface area contributed by atoms with Crippen LogP contribution in [0.15, 0.2) is 78.2 Å². The second-order valence-electron chi connectivity index (χ2n) is 9.71. The highest BCUT2D eigenvalue weighted by atomic mass is 32.1. The summed E-state index contributed by atoms with van der Waals surface area (Å²) in [6.45, 7) is 2.29. The van der Waals surface area contributed by atoms with Gasteiger partial charge in [0.1, 0.15) is 11.5 Å².